The van der Waals surface area contributed by atoms with Gasteiger partial charge in [-0.25, -0.2) is 0 Å². The van der Waals surface area contributed by atoms with Crippen LogP contribution >= 0.6 is 0 Å². The zero-order valence-corrected chi connectivity index (χ0v) is 12.5. The maximum atomic E-state index is 6.01. The third-order valence-electron chi connectivity index (χ3n) is 2.62. The number of rotatable bonds is 4. The molecular formula is C17H21NO2. The molecule has 0 fully saturated rings. The number of hydrogen-bond acceptors (Lipinski definition) is 3. The Bertz CT molecular complexity index is 573. The molecule has 20 heavy (non-hydrogen) atoms. The van der Waals surface area contributed by atoms with Gasteiger partial charge in [0.05, 0.1) is 12.3 Å². The van der Waals surface area contributed by atoms with Crippen molar-refractivity contribution in [2.45, 2.75) is 33.3 Å². The summed E-state index contributed by atoms with van der Waals surface area (Å²) >= 11 is 0. The molecular weight excluding hydrogens is 250 g/mol. The predicted octanol–water partition coefficient (Wildman–Crippen LogP) is 4.32. The third-order valence-corrected chi connectivity index (χ3v) is 2.62. The quantitative estimate of drug-likeness (QED) is 0.829. The second-order valence-electron chi connectivity index (χ2n) is 5.52. The van der Waals surface area contributed by atoms with Crippen molar-refractivity contribution in [3.63, 3.8) is 0 Å². The molecule has 0 bridgehead atoms. The van der Waals surface area contributed by atoms with E-state index in [-0.39, 0.29) is 5.60 Å². The zero-order valence-electron chi connectivity index (χ0n) is 12.5. The summed E-state index contributed by atoms with van der Waals surface area (Å²) < 4.78 is 11.5. The van der Waals surface area contributed by atoms with E-state index in [1.165, 1.54) is 0 Å². The fourth-order valence-corrected chi connectivity index (χ4v) is 1.91. The minimum Gasteiger partial charge on any atom is -0.494 e. The minimum atomic E-state index is -0.242. The van der Waals surface area contributed by atoms with Crippen molar-refractivity contribution in [3.8, 4) is 22.8 Å². The highest BCUT2D eigenvalue weighted by atomic mass is 16.5. The Labute approximate surface area is 120 Å². The molecule has 0 aliphatic rings. The highest BCUT2D eigenvalue weighted by Gasteiger charge is 2.15. The van der Waals surface area contributed by atoms with Crippen LogP contribution in [0.15, 0.2) is 42.6 Å². The summed E-state index contributed by atoms with van der Waals surface area (Å²) in [6, 6.07) is 11.7. The monoisotopic (exact) mass is 271 g/mol. The lowest BCUT2D eigenvalue weighted by Crippen LogP contribution is -2.23. The average molecular weight is 271 g/mol. The molecule has 1 aromatic carbocycles. The topological polar surface area (TPSA) is 31.4 Å². The van der Waals surface area contributed by atoms with Gasteiger partial charge in [-0.05, 0) is 45.9 Å². The van der Waals surface area contributed by atoms with Crippen molar-refractivity contribution < 1.29 is 9.47 Å². The van der Waals surface area contributed by atoms with Crippen LogP contribution in [0.3, 0.4) is 0 Å². The van der Waals surface area contributed by atoms with Crippen LogP contribution in [0, 0.1) is 0 Å². The highest BCUT2D eigenvalue weighted by molar-refractivity contribution is 5.68. The lowest BCUT2D eigenvalue weighted by molar-refractivity contribution is 0.131. The van der Waals surface area contributed by atoms with Crippen LogP contribution in [0.5, 0.6) is 11.5 Å². The summed E-state index contributed by atoms with van der Waals surface area (Å²) in [5, 5.41) is 0. The number of para-hydroxylation sites is 1. The standard InChI is InChI=1S/C17H21NO2/c1-5-19-13-10-11-18-15(12-13)14-8-6-7-9-16(14)20-17(2,3)4/h6-12H,5H2,1-4H3. The first-order chi connectivity index (χ1) is 9.49. The molecule has 0 saturated heterocycles. The summed E-state index contributed by atoms with van der Waals surface area (Å²) in [4.78, 5) is 4.42. The van der Waals surface area contributed by atoms with Crippen LogP contribution in [0.25, 0.3) is 11.3 Å². The summed E-state index contributed by atoms with van der Waals surface area (Å²) in [6.07, 6.45) is 1.76. The molecule has 106 valence electrons. The van der Waals surface area contributed by atoms with Crippen LogP contribution in [0.4, 0.5) is 0 Å². The van der Waals surface area contributed by atoms with E-state index in [0.717, 1.165) is 22.8 Å². The highest BCUT2D eigenvalue weighted by Crippen LogP contribution is 2.32. The van der Waals surface area contributed by atoms with Crippen molar-refractivity contribution in [2.75, 3.05) is 6.61 Å². The first kappa shape index (κ1) is 14.4. The molecule has 1 aromatic heterocycles. The van der Waals surface area contributed by atoms with Crippen LogP contribution in [-0.4, -0.2) is 17.2 Å². The Morgan fingerprint density at radius 2 is 1.85 bits per heavy atom. The van der Waals surface area contributed by atoms with Crippen LogP contribution in [0.2, 0.25) is 0 Å². The molecule has 3 heteroatoms. The van der Waals surface area contributed by atoms with Gasteiger partial charge in [-0.2, -0.15) is 0 Å². The molecule has 0 aliphatic carbocycles. The first-order valence-corrected chi connectivity index (χ1v) is 6.87. The Hall–Kier alpha value is -2.03. The fourth-order valence-electron chi connectivity index (χ4n) is 1.91. The average Bonchev–Trinajstić information content (AvgIpc) is 2.38. The van der Waals surface area contributed by atoms with Gasteiger partial charge in [-0.1, -0.05) is 12.1 Å². The van der Waals surface area contributed by atoms with Gasteiger partial charge in [-0.15, -0.1) is 0 Å². The van der Waals surface area contributed by atoms with Gasteiger partial charge in [0, 0.05) is 17.8 Å². The molecule has 0 aliphatic heterocycles. The Balaban J connectivity index is 2.39. The van der Waals surface area contributed by atoms with Gasteiger partial charge >= 0.3 is 0 Å². The summed E-state index contributed by atoms with van der Waals surface area (Å²) in [7, 11) is 0. The number of nitrogens with zero attached hydrogens (tertiary/aromatic N) is 1. The molecule has 0 atom stereocenters. The zero-order chi connectivity index (χ0) is 14.6. The number of aromatic nitrogens is 1. The van der Waals surface area contributed by atoms with E-state index in [1.807, 2.05) is 64.1 Å². The van der Waals surface area contributed by atoms with E-state index in [2.05, 4.69) is 4.98 Å². The van der Waals surface area contributed by atoms with Gasteiger partial charge in [-0.3, -0.25) is 4.98 Å². The van der Waals surface area contributed by atoms with Crippen molar-refractivity contribution >= 4 is 0 Å². The molecule has 0 spiro atoms. The fraction of sp³-hybridized carbons (Fsp3) is 0.353. The second-order valence-corrected chi connectivity index (χ2v) is 5.52. The van der Waals surface area contributed by atoms with Crippen molar-refractivity contribution in [1.29, 1.82) is 0 Å². The molecule has 0 radical (unpaired) electrons. The van der Waals surface area contributed by atoms with Crippen LogP contribution < -0.4 is 9.47 Å². The predicted molar refractivity (Wildman–Crippen MR) is 81.2 cm³/mol. The smallest absolute Gasteiger partial charge is 0.129 e. The van der Waals surface area contributed by atoms with Crippen molar-refractivity contribution in [1.82, 2.24) is 4.98 Å². The summed E-state index contributed by atoms with van der Waals surface area (Å²) in [5.74, 6) is 1.66. The van der Waals surface area contributed by atoms with Crippen molar-refractivity contribution in [2.24, 2.45) is 0 Å². The van der Waals surface area contributed by atoms with E-state index in [1.54, 1.807) is 6.20 Å². The maximum absolute atomic E-state index is 6.01. The van der Waals surface area contributed by atoms with Crippen molar-refractivity contribution in [3.05, 3.63) is 42.6 Å². The minimum absolute atomic E-state index is 0.242. The molecule has 3 nitrogen and oxygen atoms in total. The normalized spacial score (nSPS) is 11.2. The number of pyridine rings is 1. The van der Waals surface area contributed by atoms with Gasteiger partial charge in [0.2, 0.25) is 0 Å². The number of benzene rings is 1. The molecule has 0 N–H and O–H groups in total. The second kappa shape index (κ2) is 5.95. The largest absolute Gasteiger partial charge is 0.494 e. The Morgan fingerprint density at radius 1 is 1.10 bits per heavy atom. The van der Waals surface area contributed by atoms with Crippen LogP contribution in [0.1, 0.15) is 27.7 Å². The van der Waals surface area contributed by atoms with Gasteiger partial charge in [0.1, 0.15) is 17.1 Å². The van der Waals surface area contributed by atoms with Gasteiger partial charge < -0.3 is 9.47 Å². The van der Waals surface area contributed by atoms with Gasteiger partial charge in [0.25, 0.3) is 0 Å². The van der Waals surface area contributed by atoms with Gasteiger partial charge in [0.15, 0.2) is 0 Å². The lowest BCUT2D eigenvalue weighted by atomic mass is 10.1. The molecule has 2 rings (SSSR count). The Morgan fingerprint density at radius 3 is 2.55 bits per heavy atom. The summed E-state index contributed by atoms with van der Waals surface area (Å²) in [6.45, 7) is 8.72. The maximum Gasteiger partial charge on any atom is 0.129 e. The van der Waals surface area contributed by atoms with Crippen LogP contribution in [-0.2, 0) is 0 Å². The molecule has 0 saturated carbocycles. The molecule has 0 unspecified atom stereocenters. The summed E-state index contributed by atoms with van der Waals surface area (Å²) in [5.41, 5.74) is 1.59. The SMILES string of the molecule is CCOc1ccnc(-c2ccccc2OC(C)(C)C)c1. The Kier molecular flexibility index (Phi) is 4.28. The van der Waals surface area contributed by atoms with E-state index in [0.29, 0.717) is 6.61 Å². The lowest BCUT2D eigenvalue weighted by Gasteiger charge is -2.23. The van der Waals surface area contributed by atoms with E-state index in [9.17, 15) is 0 Å². The number of hydrogen-bond donors (Lipinski definition) is 0. The van der Waals surface area contributed by atoms with E-state index < -0.39 is 0 Å². The first-order valence-electron chi connectivity index (χ1n) is 6.87. The van der Waals surface area contributed by atoms with E-state index >= 15 is 0 Å². The third kappa shape index (κ3) is 3.73. The molecule has 2 aromatic rings. The molecule has 0 amide bonds. The van der Waals surface area contributed by atoms with E-state index in [4.69, 9.17) is 9.47 Å². The number of ether oxygens (including phenoxy) is 2. The molecule has 1 heterocycles.